The molecule has 0 aromatic heterocycles. The summed E-state index contributed by atoms with van der Waals surface area (Å²) in [4.78, 5) is 10.9. The number of aryl methyl sites for hydroxylation is 1. The number of esters is 1. The van der Waals surface area contributed by atoms with Gasteiger partial charge in [0, 0.05) is 17.1 Å². The molecule has 0 spiro atoms. The number of benzene rings is 1. The van der Waals surface area contributed by atoms with Crippen LogP contribution in [0.1, 0.15) is 12.0 Å². The highest BCUT2D eigenvalue weighted by atomic mass is 35.5. The summed E-state index contributed by atoms with van der Waals surface area (Å²) in [6.07, 6.45) is 0.915. The number of ether oxygens (including phenoxy) is 1. The van der Waals surface area contributed by atoms with Crippen LogP contribution >= 0.6 is 11.6 Å². The van der Waals surface area contributed by atoms with Gasteiger partial charge in [0.15, 0.2) is 0 Å². The second-order valence-corrected chi connectivity index (χ2v) is 3.36. The first-order valence-electron chi connectivity index (χ1n) is 4.24. The summed E-state index contributed by atoms with van der Waals surface area (Å²) < 4.78 is 4.53. The van der Waals surface area contributed by atoms with E-state index in [4.69, 9.17) is 17.3 Å². The molecule has 4 heteroatoms. The molecule has 0 saturated heterocycles. The summed E-state index contributed by atoms with van der Waals surface area (Å²) >= 11 is 5.74. The van der Waals surface area contributed by atoms with Gasteiger partial charge in [-0.2, -0.15) is 0 Å². The predicted octanol–water partition coefficient (Wildman–Crippen LogP) is 2.03. The molecular formula is C10H12ClNO2. The van der Waals surface area contributed by atoms with Gasteiger partial charge in [0.05, 0.1) is 7.11 Å². The predicted molar refractivity (Wildman–Crippen MR) is 56.2 cm³/mol. The van der Waals surface area contributed by atoms with Gasteiger partial charge in [0.1, 0.15) is 0 Å². The van der Waals surface area contributed by atoms with Gasteiger partial charge in [0.2, 0.25) is 0 Å². The quantitative estimate of drug-likeness (QED) is 0.618. The molecule has 0 amide bonds. The topological polar surface area (TPSA) is 52.3 Å². The molecule has 0 saturated carbocycles. The Kier molecular flexibility index (Phi) is 3.77. The largest absolute Gasteiger partial charge is 0.469 e. The molecule has 76 valence electrons. The van der Waals surface area contributed by atoms with Crippen LogP contribution in [0.15, 0.2) is 18.2 Å². The Labute approximate surface area is 87.8 Å². The molecule has 1 aromatic rings. The Morgan fingerprint density at radius 3 is 2.86 bits per heavy atom. The van der Waals surface area contributed by atoms with Gasteiger partial charge < -0.3 is 10.5 Å². The Bertz CT molecular complexity index is 339. The van der Waals surface area contributed by atoms with Crippen molar-refractivity contribution in [1.29, 1.82) is 0 Å². The fraction of sp³-hybridized carbons (Fsp3) is 0.300. The van der Waals surface area contributed by atoms with Gasteiger partial charge in [-0.05, 0) is 24.1 Å². The van der Waals surface area contributed by atoms with Crippen molar-refractivity contribution in [2.45, 2.75) is 12.8 Å². The van der Waals surface area contributed by atoms with Gasteiger partial charge in [-0.15, -0.1) is 0 Å². The Hall–Kier alpha value is -1.22. The van der Waals surface area contributed by atoms with Crippen molar-refractivity contribution in [3.63, 3.8) is 0 Å². The van der Waals surface area contributed by atoms with Crippen molar-refractivity contribution < 1.29 is 9.53 Å². The van der Waals surface area contributed by atoms with E-state index in [1.54, 1.807) is 12.1 Å². The van der Waals surface area contributed by atoms with Crippen molar-refractivity contribution in [1.82, 2.24) is 0 Å². The van der Waals surface area contributed by atoms with Gasteiger partial charge in [-0.1, -0.05) is 17.7 Å². The summed E-state index contributed by atoms with van der Waals surface area (Å²) in [7, 11) is 1.37. The smallest absolute Gasteiger partial charge is 0.305 e. The van der Waals surface area contributed by atoms with Crippen LogP contribution in [-0.2, 0) is 16.0 Å². The van der Waals surface area contributed by atoms with Crippen LogP contribution in [-0.4, -0.2) is 13.1 Å². The zero-order chi connectivity index (χ0) is 10.6. The van der Waals surface area contributed by atoms with Crippen LogP contribution in [0.4, 0.5) is 5.69 Å². The number of nitrogens with two attached hydrogens (primary N) is 1. The minimum atomic E-state index is -0.237. The van der Waals surface area contributed by atoms with E-state index in [1.165, 1.54) is 7.11 Å². The van der Waals surface area contributed by atoms with E-state index in [0.717, 1.165) is 5.56 Å². The summed E-state index contributed by atoms with van der Waals surface area (Å²) in [6.45, 7) is 0. The first-order chi connectivity index (χ1) is 6.63. The first kappa shape index (κ1) is 10.9. The third-order valence-electron chi connectivity index (χ3n) is 1.93. The zero-order valence-corrected chi connectivity index (χ0v) is 8.67. The minimum Gasteiger partial charge on any atom is -0.469 e. The number of nitrogen functional groups attached to an aromatic ring is 1. The Morgan fingerprint density at radius 1 is 1.57 bits per heavy atom. The summed E-state index contributed by atoms with van der Waals surface area (Å²) in [5, 5.41) is 0.601. The zero-order valence-electron chi connectivity index (χ0n) is 7.92. The lowest BCUT2D eigenvalue weighted by Crippen LogP contribution is -2.03. The van der Waals surface area contributed by atoms with E-state index in [1.807, 2.05) is 6.07 Å². The van der Waals surface area contributed by atoms with Gasteiger partial charge in [0.25, 0.3) is 0 Å². The molecule has 0 radical (unpaired) electrons. The van der Waals surface area contributed by atoms with Crippen molar-refractivity contribution in [3.8, 4) is 0 Å². The number of methoxy groups -OCH3 is 1. The van der Waals surface area contributed by atoms with Crippen molar-refractivity contribution in [2.75, 3.05) is 12.8 Å². The number of anilines is 1. The Balaban J connectivity index is 2.63. The third kappa shape index (κ3) is 2.92. The van der Waals surface area contributed by atoms with Crippen LogP contribution in [0.25, 0.3) is 0 Å². The highest BCUT2D eigenvalue weighted by Gasteiger charge is 2.04. The number of carbonyl (C=O) groups excluding carboxylic acids is 1. The van der Waals surface area contributed by atoms with Crippen LogP contribution in [0.3, 0.4) is 0 Å². The maximum Gasteiger partial charge on any atom is 0.305 e. The summed E-state index contributed by atoms with van der Waals surface area (Å²) in [5.74, 6) is -0.237. The van der Waals surface area contributed by atoms with E-state index in [9.17, 15) is 4.79 Å². The number of hydrogen-bond donors (Lipinski definition) is 1. The number of rotatable bonds is 3. The van der Waals surface area contributed by atoms with E-state index in [0.29, 0.717) is 23.6 Å². The first-order valence-corrected chi connectivity index (χ1v) is 4.62. The lowest BCUT2D eigenvalue weighted by molar-refractivity contribution is -0.140. The standard InChI is InChI=1S/C10H12ClNO2/c1-14-10(13)5-3-7-2-4-8(11)6-9(7)12/h2,4,6H,3,5,12H2,1H3. The third-order valence-corrected chi connectivity index (χ3v) is 2.17. The highest BCUT2D eigenvalue weighted by Crippen LogP contribution is 2.19. The molecule has 1 aromatic carbocycles. The van der Waals surface area contributed by atoms with Gasteiger partial charge >= 0.3 is 5.97 Å². The molecule has 3 nitrogen and oxygen atoms in total. The molecule has 0 heterocycles. The van der Waals surface area contributed by atoms with E-state index in [2.05, 4.69) is 4.74 Å². The van der Waals surface area contributed by atoms with Gasteiger partial charge in [-0.3, -0.25) is 4.79 Å². The molecule has 0 atom stereocenters. The van der Waals surface area contributed by atoms with Crippen LogP contribution in [0, 0.1) is 0 Å². The number of hydrogen-bond acceptors (Lipinski definition) is 3. The Morgan fingerprint density at radius 2 is 2.29 bits per heavy atom. The SMILES string of the molecule is COC(=O)CCc1ccc(Cl)cc1N. The van der Waals surface area contributed by atoms with Crippen LogP contribution < -0.4 is 5.73 Å². The molecule has 0 bridgehead atoms. The average molecular weight is 214 g/mol. The molecule has 14 heavy (non-hydrogen) atoms. The molecule has 0 aliphatic heterocycles. The molecule has 0 aliphatic carbocycles. The second kappa shape index (κ2) is 4.86. The number of carbonyl (C=O) groups is 1. The van der Waals surface area contributed by atoms with Crippen LogP contribution in [0.5, 0.6) is 0 Å². The minimum absolute atomic E-state index is 0.237. The maximum atomic E-state index is 10.9. The molecule has 2 N–H and O–H groups in total. The van der Waals surface area contributed by atoms with Crippen molar-refractivity contribution >= 4 is 23.3 Å². The van der Waals surface area contributed by atoms with E-state index in [-0.39, 0.29) is 5.97 Å². The second-order valence-electron chi connectivity index (χ2n) is 2.92. The monoisotopic (exact) mass is 213 g/mol. The van der Waals surface area contributed by atoms with Crippen molar-refractivity contribution in [3.05, 3.63) is 28.8 Å². The lowest BCUT2D eigenvalue weighted by atomic mass is 10.1. The molecule has 0 unspecified atom stereocenters. The normalized spacial score (nSPS) is 9.86. The number of halogens is 1. The molecule has 0 fully saturated rings. The molecule has 1 rings (SSSR count). The average Bonchev–Trinajstić information content (AvgIpc) is 2.16. The van der Waals surface area contributed by atoms with E-state index < -0.39 is 0 Å². The fourth-order valence-corrected chi connectivity index (χ4v) is 1.31. The molecular weight excluding hydrogens is 202 g/mol. The van der Waals surface area contributed by atoms with Gasteiger partial charge in [-0.25, -0.2) is 0 Å². The fourth-order valence-electron chi connectivity index (χ4n) is 1.13. The van der Waals surface area contributed by atoms with E-state index >= 15 is 0 Å². The van der Waals surface area contributed by atoms with Crippen LogP contribution in [0.2, 0.25) is 5.02 Å². The summed E-state index contributed by atoms with van der Waals surface area (Å²) in [5.41, 5.74) is 7.24. The highest BCUT2D eigenvalue weighted by molar-refractivity contribution is 6.30. The summed E-state index contributed by atoms with van der Waals surface area (Å²) in [6, 6.07) is 5.25. The molecule has 0 aliphatic rings. The lowest BCUT2D eigenvalue weighted by Gasteiger charge is -2.04. The van der Waals surface area contributed by atoms with Crippen molar-refractivity contribution in [2.24, 2.45) is 0 Å². The maximum absolute atomic E-state index is 10.9.